The second-order valence-corrected chi connectivity index (χ2v) is 9.01. The Balaban J connectivity index is 1.72. The van der Waals surface area contributed by atoms with Gasteiger partial charge in [-0.2, -0.15) is 10.4 Å². The summed E-state index contributed by atoms with van der Waals surface area (Å²) in [4.78, 5) is 24.5. The molecular weight excluding hydrogens is 565 g/mol. The highest BCUT2D eigenvalue weighted by Gasteiger charge is 2.32. The number of aliphatic hydroxyl groups excluding tert-OH is 1. The topological polar surface area (TPSA) is 164 Å². The number of amides is 2. The Bertz CT molecular complexity index is 1360. The molecule has 0 radical (unpaired) electrons. The molecule has 2 aromatic carbocycles. The van der Waals surface area contributed by atoms with Gasteiger partial charge in [-0.15, -0.1) is 0 Å². The number of esters is 1. The number of urea groups is 1. The van der Waals surface area contributed by atoms with Gasteiger partial charge in [-0.3, -0.25) is 5.43 Å². The predicted octanol–water partition coefficient (Wildman–Crippen LogP) is 3.42. The molecule has 40 heavy (non-hydrogen) atoms. The lowest BCUT2D eigenvalue weighted by Crippen LogP contribution is -2.45. The molecule has 1 aliphatic heterocycles. The number of carbonyl (C=O) groups excluding carboxylic acids is 2. The van der Waals surface area contributed by atoms with Crippen LogP contribution in [0.4, 0.5) is 4.79 Å². The van der Waals surface area contributed by atoms with Crippen LogP contribution in [0.3, 0.4) is 0 Å². The summed E-state index contributed by atoms with van der Waals surface area (Å²) in [7, 11) is 1.26. The molecule has 0 saturated carbocycles. The summed E-state index contributed by atoms with van der Waals surface area (Å²) < 4.78 is 21.7. The van der Waals surface area contributed by atoms with Crippen LogP contribution >= 0.6 is 23.2 Å². The second kappa shape index (κ2) is 14.3. The van der Waals surface area contributed by atoms with E-state index in [0.717, 1.165) is 0 Å². The number of nitrogens with one attached hydrogen (secondary N) is 3. The molecule has 0 fully saturated rings. The van der Waals surface area contributed by atoms with Crippen molar-refractivity contribution in [2.24, 2.45) is 5.10 Å². The quantitative estimate of drug-likeness (QED) is 0.125. The Morgan fingerprint density at radius 1 is 1.25 bits per heavy atom. The number of hydrogen-bond donors (Lipinski definition) is 4. The zero-order valence-corrected chi connectivity index (χ0v) is 23.3. The summed E-state index contributed by atoms with van der Waals surface area (Å²) in [5.74, 6) is 0.269. The van der Waals surface area contributed by atoms with E-state index in [2.05, 4.69) is 21.2 Å². The van der Waals surface area contributed by atoms with Gasteiger partial charge in [0.25, 0.3) is 0 Å². The summed E-state index contributed by atoms with van der Waals surface area (Å²) in [5.41, 5.74) is 4.08. The molecule has 0 aromatic heterocycles. The highest BCUT2D eigenvalue weighted by Crippen LogP contribution is 2.35. The average molecular weight is 592 g/mol. The minimum Gasteiger partial charge on any atom is -0.490 e. The largest absolute Gasteiger partial charge is 0.490 e. The highest BCUT2D eigenvalue weighted by molar-refractivity contribution is 6.36. The molecule has 2 aromatic rings. The number of ether oxygens (including phenoxy) is 4. The maximum atomic E-state index is 12.4. The standard InChI is InChI=1S/C26H27Cl2N5O7/c1-4-38-20-10-15(23-22(25(35)37-3)14(2)31-26(36)32-23)5-6-19(20)40-13-21(34)33-30-12-16-9-17(27)11-18(28)24(16)39-8-7-29/h5-6,9-12,21,23,33-34H,4,8,13H2,1-3H3,(H2,31,32,36)/b30-12+/t21-,23-/m0/s1. The number of hydrazone groups is 1. The summed E-state index contributed by atoms with van der Waals surface area (Å²) >= 11 is 12.2. The number of carbonyl (C=O) groups is 2. The van der Waals surface area contributed by atoms with E-state index in [1.165, 1.54) is 25.5 Å². The minimum atomic E-state index is -1.23. The summed E-state index contributed by atoms with van der Waals surface area (Å²) in [6.07, 6.45) is 0.0966. The van der Waals surface area contributed by atoms with Crippen LogP contribution in [0, 0.1) is 11.3 Å². The molecule has 2 amide bonds. The maximum Gasteiger partial charge on any atom is 0.337 e. The number of aliphatic hydroxyl groups is 1. The van der Waals surface area contributed by atoms with Crippen LogP contribution in [0.1, 0.15) is 31.0 Å². The van der Waals surface area contributed by atoms with Crippen molar-refractivity contribution in [3.05, 3.63) is 62.8 Å². The predicted molar refractivity (Wildman–Crippen MR) is 147 cm³/mol. The van der Waals surface area contributed by atoms with Crippen LogP contribution < -0.4 is 30.3 Å². The van der Waals surface area contributed by atoms with E-state index in [1.54, 1.807) is 32.0 Å². The lowest BCUT2D eigenvalue weighted by Gasteiger charge is -2.28. The second-order valence-electron chi connectivity index (χ2n) is 8.17. The summed E-state index contributed by atoms with van der Waals surface area (Å²) in [6, 6.07) is 8.51. The molecule has 0 unspecified atom stereocenters. The average Bonchev–Trinajstić information content (AvgIpc) is 2.91. The molecular formula is C26H27Cl2N5O7. The van der Waals surface area contributed by atoms with Crippen LogP contribution in [0.15, 0.2) is 46.7 Å². The first-order chi connectivity index (χ1) is 19.2. The number of nitrogens with zero attached hydrogens (tertiary/aromatic N) is 2. The molecule has 212 valence electrons. The lowest BCUT2D eigenvalue weighted by atomic mass is 9.95. The van der Waals surface area contributed by atoms with Crippen LogP contribution in [-0.2, 0) is 9.53 Å². The van der Waals surface area contributed by atoms with Gasteiger partial charge < -0.3 is 34.7 Å². The van der Waals surface area contributed by atoms with Gasteiger partial charge in [-0.05, 0) is 43.7 Å². The van der Waals surface area contributed by atoms with Gasteiger partial charge in [0.05, 0.1) is 36.6 Å². The van der Waals surface area contributed by atoms with Crippen LogP contribution in [0.25, 0.3) is 0 Å². The Kier molecular flexibility index (Phi) is 10.8. The summed E-state index contributed by atoms with van der Waals surface area (Å²) in [5, 5.41) is 28.9. The molecule has 4 N–H and O–H groups in total. The van der Waals surface area contributed by atoms with Gasteiger partial charge in [-0.25, -0.2) is 9.59 Å². The number of allylic oxidation sites excluding steroid dienone is 1. The van der Waals surface area contributed by atoms with Gasteiger partial charge in [0, 0.05) is 16.3 Å². The van der Waals surface area contributed by atoms with Crippen molar-refractivity contribution >= 4 is 41.4 Å². The van der Waals surface area contributed by atoms with E-state index in [1.807, 2.05) is 6.07 Å². The number of halogens is 2. The van der Waals surface area contributed by atoms with E-state index in [-0.39, 0.29) is 29.6 Å². The van der Waals surface area contributed by atoms with Gasteiger partial charge in [-0.1, -0.05) is 29.3 Å². The Morgan fingerprint density at radius 2 is 2.02 bits per heavy atom. The normalized spacial score (nSPS) is 15.5. The van der Waals surface area contributed by atoms with Gasteiger partial charge in [0.1, 0.15) is 18.4 Å². The van der Waals surface area contributed by atoms with Crippen LogP contribution in [-0.4, -0.2) is 56.5 Å². The number of rotatable bonds is 12. The third kappa shape index (κ3) is 7.69. The molecule has 12 nitrogen and oxygen atoms in total. The van der Waals surface area contributed by atoms with Gasteiger partial charge >= 0.3 is 12.0 Å². The molecule has 1 aliphatic rings. The third-order valence-corrected chi connectivity index (χ3v) is 5.92. The SMILES string of the molecule is CCOc1cc([C@@H]2NC(=O)NC(C)=C2C(=O)OC)ccc1OC[C@H](O)N/N=C/c1cc(Cl)cc(Cl)c1OCC#N. The Labute approximate surface area is 240 Å². The molecule has 14 heteroatoms. The van der Waals surface area contributed by atoms with E-state index >= 15 is 0 Å². The summed E-state index contributed by atoms with van der Waals surface area (Å²) in [6.45, 7) is 3.25. The molecule has 0 bridgehead atoms. The van der Waals surface area contributed by atoms with Gasteiger partial charge in [0.2, 0.25) is 0 Å². The first-order valence-electron chi connectivity index (χ1n) is 11.9. The fraction of sp³-hybridized carbons (Fsp3) is 0.308. The van der Waals surface area contributed by atoms with Crippen molar-refractivity contribution in [1.29, 1.82) is 5.26 Å². The first kappa shape index (κ1) is 30.4. The van der Waals surface area contributed by atoms with E-state index in [9.17, 15) is 14.7 Å². The number of benzene rings is 2. The van der Waals surface area contributed by atoms with Crippen LogP contribution in [0.5, 0.6) is 17.2 Å². The van der Waals surface area contributed by atoms with Crippen molar-refractivity contribution in [1.82, 2.24) is 16.1 Å². The molecule has 0 aliphatic carbocycles. The third-order valence-electron chi connectivity index (χ3n) is 5.42. The van der Waals surface area contributed by atoms with Crippen molar-refractivity contribution < 1.29 is 33.6 Å². The van der Waals surface area contributed by atoms with Crippen LogP contribution in [0.2, 0.25) is 10.0 Å². The molecule has 2 atom stereocenters. The molecule has 0 saturated heterocycles. The smallest absolute Gasteiger partial charge is 0.337 e. The van der Waals surface area contributed by atoms with Crippen molar-refractivity contribution in [2.45, 2.75) is 26.1 Å². The lowest BCUT2D eigenvalue weighted by molar-refractivity contribution is -0.136. The Hall–Kier alpha value is -4.18. The maximum absolute atomic E-state index is 12.4. The first-order valence-corrected chi connectivity index (χ1v) is 12.7. The zero-order valence-electron chi connectivity index (χ0n) is 21.8. The number of methoxy groups -OCH3 is 1. The van der Waals surface area contributed by atoms with Crippen molar-refractivity contribution in [3.8, 4) is 23.3 Å². The fourth-order valence-electron chi connectivity index (χ4n) is 3.75. The van der Waals surface area contributed by atoms with E-state index in [4.69, 9.17) is 47.4 Å². The van der Waals surface area contributed by atoms with E-state index < -0.39 is 24.3 Å². The van der Waals surface area contributed by atoms with E-state index in [0.29, 0.717) is 40.0 Å². The Morgan fingerprint density at radius 3 is 2.73 bits per heavy atom. The van der Waals surface area contributed by atoms with Crippen molar-refractivity contribution in [3.63, 3.8) is 0 Å². The van der Waals surface area contributed by atoms with Gasteiger partial charge in [0.15, 0.2) is 24.3 Å². The molecule has 0 spiro atoms. The minimum absolute atomic E-state index is 0.202. The monoisotopic (exact) mass is 591 g/mol. The number of nitriles is 1. The highest BCUT2D eigenvalue weighted by atomic mass is 35.5. The molecule has 1 heterocycles. The van der Waals surface area contributed by atoms with Crippen molar-refractivity contribution in [2.75, 3.05) is 26.9 Å². The number of hydrogen-bond acceptors (Lipinski definition) is 10. The fourth-order valence-corrected chi connectivity index (χ4v) is 4.31. The zero-order chi connectivity index (χ0) is 29.2. The molecule has 3 rings (SSSR count).